The molecule has 0 atom stereocenters. The molecule has 0 heterocycles. The van der Waals surface area contributed by atoms with Gasteiger partial charge >= 0.3 is 0 Å². The smallest absolute Gasteiger partial charge is 0.261 e. The highest BCUT2D eigenvalue weighted by atomic mass is 32.2. The number of rotatable bonds is 6. The van der Waals surface area contributed by atoms with E-state index in [4.69, 9.17) is 0 Å². The molecule has 6 nitrogen and oxygen atoms in total. The molecule has 0 saturated carbocycles. The van der Waals surface area contributed by atoms with Gasteiger partial charge in [0.05, 0.1) is 15.5 Å². The summed E-state index contributed by atoms with van der Waals surface area (Å²) in [6, 6.07) is 24.9. The second-order valence-corrected chi connectivity index (χ2v) is 10.4. The van der Waals surface area contributed by atoms with Gasteiger partial charge in [-0.05, 0) is 54.8 Å². The second kappa shape index (κ2) is 8.05. The highest BCUT2D eigenvalue weighted by Gasteiger charge is 2.17. The van der Waals surface area contributed by atoms with Crippen LogP contribution in [-0.2, 0) is 20.0 Å². The maximum Gasteiger partial charge on any atom is 0.261 e. The lowest BCUT2D eigenvalue weighted by Crippen LogP contribution is -2.14. The lowest BCUT2D eigenvalue weighted by molar-refractivity contribution is 0.600. The zero-order chi connectivity index (χ0) is 22.1. The molecule has 0 spiro atoms. The highest BCUT2D eigenvalue weighted by Crippen LogP contribution is 2.26. The fourth-order valence-electron chi connectivity index (χ4n) is 3.15. The number of hydrogen-bond donors (Lipinski definition) is 2. The number of benzene rings is 4. The van der Waals surface area contributed by atoms with E-state index in [1.807, 2.05) is 37.3 Å². The van der Waals surface area contributed by atoms with Gasteiger partial charge in [-0.25, -0.2) is 16.8 Å². The van der Waals surface area contributed by atoms with Crippen molar-refractivity contribution in [2.24, 2.45) is 0 Å². The molecule has 158 valence electrons. The molecule has 0 bridgehead atoms. The molecule has 0 unspecified atom stereocenters. The molecule has 4 rings (SSSR count). The van der Waals surface area contributed by atoms with E-state index in [0.29, 0.717) is 5.69 Å². The molecule has 0 aliphatic carbocycles. The van der Waals surface area contributed by atoms with Crippen LogP contribution in [0.1, 0.15) is 5.56 Å². The fourth-order valence-corrected chi connectivity index (χ4v) is 5.29. The third-order valence-electron chi connectivity index (χ3n) is 4.78. The van der Waals surface area contributed by atoms with Crippen molar-refractivity contribution in [2.75, 3.05) is 9.44 Å². The van der Waals surface area contributed by atoms with Crippen LogP contribution in [0.2, 0.25) is 0 Å². The summed E-state index contributed by atoms with van der Waals surface area (Å²) in [6.07, 6.45) is 0. The second-order valence-electron chi connectivity index (χ2n) is 7.08. The van der Waals surface area contributed by atoms with E-state index in [0.717, 1.165) is 16.3 Å². The predicted octanol–water partition coefficient (Wildman–Crippen LogP) is 4.75. The van der Waals surface area contributed by atoms with Gasteiger partial charge < -0.3 is 0 Å². The molecule has 4 aromatic carbocycles. The Morgan fingerprint density at radius 2 is 1.13 bits per heavy atom. The van der Waals surface area contributed by atoms with Crippen LogP contribution in [0, 0.1) is 6.92 Å². The lowest BCUT2D eigenvalue weighted by Gasteiger charge is -2.12. The molecule has 0 fully saturated rings. The Bertz CT molecular complexity index is 1440. The average molecular weight is 453 g/mol. The first-order chi connectivity index (χ1) is 14.7. The van der Waals surface area contributed by atoms with E-state index in [9.17, 15) is 16.8 Å². The van der Waals surface area contributed by atoms with Gasteiger partial charge in [0.1, 0.15) is 0 Å². The van der Waals surface area contributed by atoms with Gasteiger partial charge in [-0.3, -0.25) is 9.44 Å². The SMILES string of the molecule is Cc1ccc(S(=O)(=O)Nc2ccc(S(=O)(=O)Nc3cccc4ccccc34)cc2)cc1. The van der Waals surface area contributed by atoms with Crippen molar-refractivity contribution in [3.05, 3.63) is 96.6 Å². The Morgan fingerprint density at radius 1 is 0.581 bits per heavy atom. The van der Waals surface area contributed by atoms with Crippen molar-refractivity contribution < 1.29 is 16.8 Å². The Morgan fingerprint density at radius 3 is 1.81 bits per heavy atom. The van der Waals surface area contributed by atoms with Crippen LogP contribution in [0.4, 0.5) is 11.4 Å². The quantitative estimate of drug-likeness (QED) is 0.442. The van der Waals surface area contributed by atoms with E-state index >= 15 is 0 Å². The number of hydrogen-bond acceptors (Lipinski definition) is 4. The van der Waals surface area contributed by atoms with Crippen LogP contribution in [0.15, 0.2) is 101 Å². The largest absolute Gasteiger partial charge is 0.280 e. The molecular weight excluding hydrogens is 432 g/mol. The van der Waals surface area contributed by atoms with Crippen LogP contribution in [0.5, 0.6) is 0 Å². The molecule has 0 saturated heterocycles. The Labute approximate surface area is 181 Å². The van der Waals surface area contributed by atoms with Gasteiger partial charge in [0.25, 0.3) is 20.0 Å². The molecule has 31 heavy (non-hydrogen) atoms. The van der Waals surface area contributed by atoms with Crippen LogP contribution >= 0.6 is 0 Å². The summed E-state index contributed by atoms with van der Waals surface area (Å²) in [6.45, 7) is 1.87. The summed E-state index contributed by atoms with van der Waals surface area (Å²) in [5.74, 6) is 0. The number of aryl methyl sites for hydroxylation is 1. The number of anilines is 2. The van der Waals surface area contributed by atoms with Crippen LogP contribution in [0.3, 0.4) is 0 Å². The summed E-state index contributed by atoms with van der Waals surface area (Å²) in [4.78, 5) is 0.158. The summed E-state index contributed by atoms with van der Waals surface area (Å²) in [7, 11) is -7.62. The minimum Gasteiger partial charge on any atom is -0.280 e. The summed E-state index contributed by atoms with van der Waals surface area (Å²) < 4.78 is 55.8. The number of fused-ring (bicyclic) bond motifs is 1. The molecule has 0 aromatic heterocycles. The van der Waals surface area contributed by atoms with Crippen molar-refractivity contribution in [1.29, 1.82) is 0 Å². The Balaban J connectivity index is 1.56. The summed E-state index contributed by atoms with van der Waals surface area (Å²) >= 11 is 0. The third kappa shape index (κ3) is 4.55. The monoisotopic (exact) mass is 452 g/mol. The van der Waals surface area contributed by atoms with Gasteiger partial charge in [-0.15, -0.1) is 0 Å². The maximum atomic E-state index is 12.8. The van der Waals surface area contributed by atoms with Gasteiger partial charge in [0.2, 0.25) is 0 Å². The van der Waals surface area contributed by atoms with Crippen molar-refractivity contribution >= 4 is 42.2 Å². The molecule has 8 heteroatoms. The number of sulfonamides is 2. The molecule has 0 aliphatic heterocycles. The van der Waals surface area contributed by atoms with Crippen molar-refractivity contribution in [3.8, 4) is 0 Å². The normalized spacial score (nSPS) is 11.9. The lowest BCUT2D eigenvalue weighted by atomic mass is 10.1. The van der Waals surface area contributed by atoms with Crippen LogP contribution in [0.25, 0.3) is 10.8 Å². The molecule has 2 N–H and O–H groups in total. The zero-order valence-electron chi connectivity index (χ0n) is 16.6. The van der Waals surface area contributed by atoms with Crippen molar-refractivity contribution in [1.82, 2.24) is 0 Å². The van der Waals surface area contributed by atoms with E-state index < -0.39 is 20.0 Å². The fraction of sp³-hybridized carbons (Fsp3) is 0.0435. The van der Waals surface area contributed by atoms with Gasteiger partial charge in [0, 0.05) is 11.1 Å². The minimum atomic E-state index is -3.85. The highest BCUT2D eigenvalue weighted by molar-refractivity contribution is 7.93. The first-order valence-electron chi connectivity index (χ1n) is 9.45. The minimum absolute atomic E-state index is 0.0266. The van der Waals surface area contributed by atoms with Gasteiger partial charge in [-0.1, -0.05) is 54.1 Å². The van der Waals surface area contributed by atoms with Gasteiger partial charge in [-0.2, -0.15) is 0 Å². The molecule has 4 aromatic rings. The van der Waals surface area contributed by atoms with Crippen LogP contribution in [-0.4, -0.2) is 16.8 Å². The molecule has 0 radical (unpaired) electrons. The predicted molar refractivity (Wildman–Crippen MR) is 123 cm³/mol. The number of nitrogens with one attached hydrogen (secondary N) is 2. The van der Waals surface area contributed by atoms with Crippen molar-refractivity contribution in [3.63, 3.8) is 0 Å². The molecular formula is C23H20N2O4S2. The van der Waals surface area contributed by atoms with E-state index in [1.54, 1.807) is 24.3 Å². The topological polar surface area (TPSA) is 92.3 Å². The average Bonchev–Trinajstić information content (AvgIpc) is 2.74. The first kappa shape index (κ1) is 20.9. The first-order valence-corrected chi connectivity index (χ1v) is 12.4. The summed E-state index contributed by atoms with van der Waals surface area (Å²) in [5, 5.41) is 1.71. The van der Waals surface area contributed by atoms with E-state index in [1.165, 1.54) is 36.4 Å². The van der Waals surface area contributed by atoms with E-state index in [2.05, 4.69) is 9.44 Å². The van der Waals surface area contributed by atoms with Crippen LogP contribution < -0.4 is 9.44 Å². The van der Waals surface area contributed by atoms with E-state index in [-0.39, 0.29) is 15.5 Å². The Kier molecular flexibility index (Phi) is 5.43. The zero-order valence-corrected chi connectivity index (χ0v) is 18.2. The molecule has 0 aliphatic rings. The van der Waals surface area contributed by atoms with Crippen molar-refractivity contribution in [2.45, 2.75) is 16.7 Å². The van der Waals surface area contributed by atoms with Gasteiger partial charge in [0.15, 0.2) is 0 Å². The maximum absolute atomic E-state index is 12.8. The summed E-state index contributed by atoms with van der Waals surface area (Å²) in [5.41, 5.74) is 1.69. The Hall–Kier alpha value is -3.36. The standard InChI is InChI=1S/C23H20N2O4S2/c1-17-9-13-20(14-10-17)30(26,27)24-19-11-15-21(16-12-19)31(28,29)25-23-8-4-6-18-5-2-3-7-22(18)23/h2-16,24-25H,1H3. The third-order valence-corrected chi connectivity index (χ3v) is 7.56. The molecule has 0 amide bonds.